The molecule has 0 unspecified atom stereocenters. The van der Waals surface area contributed by atoms with Gasteiger partial charge in [-0.25, -0.2) is 4.39 Å². The van der Waals surface area contributed by atoms with Crippen LogP contribution in [0.2, 0.25) is 0 Å². The molecule has 0 aliphatic carbocycles. The van der Waals surface area contributed by atoms with Crippen LogP contribution < -0.4 is 10.6 Å². The third kappa shape index (κ3) is 3.61. The summed E-state index contributed by atoms with van der Waals surface area (Å²) in [6, 6.07) is 7.26. The first-order valence-corrected chi connectivity index (χ1v) is 5.84. The van der Waals surface area contributed by atoms with Crippen LogP contribution in [0.15, 0.2) is 42.7 Å². The van der Waals surface area contributed by atoms with Crippen LogP contribution in [-0.4, -0.2) is 16.8 Å². The number of benzene rings is 1. The molecule has 0 aliphatic rings. The molecule has 0 saturated heterocycles. The predicted molar refractivity (Wildman–Crippen MR) is 72.6 cm³/mol. The lowest BCUT2D eigenvalue weighted by Gasteiger charge is -2.07. The van der Waals surface area contributed by atoms with Crippen molar-refractivity contribution in [2.24, 2.45) is 0 Å². The first-order valence-electron chi connectivity index (χ1n) is 5.84. The number of carbonyl (C=O) groups excluding carboxylic acids is 2. The molecule has 0 atom stereocenters. The van der Waals surface area contributed by atoms with E-state index in [1.54, 1.807) is 31.3 Å². The van der Waals surface area contributed by atoms with E-state index in [2.05, 4.69) is 15.6 Å². The van der Waals surface area contributed by atoms with Crippen LogP contribution in [0.4, 0.5) is 15.8 Å². The number of halogens is 1. The van der Waals surface area contributed by atoms with Gasteiger partial charge < -0.3 is 10.6 Å². The minimum atomic E-state index is -0.876. The highest BCUT2D eigenvalue weighted by Crippen LogP contribution is 2.13. The smallest absolute Gasteiger partial charge is 0.314 e. The number of hydrogen-bond acceptors (Lipinski definition) is 3. The van der Waals surface area contributed by atoms with Crippen molar-refractivity contribution in [2.45, 2.75) is 6.92 Å². The van der Waals surface area contributed by atoms with Crippen LogP contribution >= 0.6 is 0 Å². The van der Waals surface area contributed by atoms with Crippen molar-refractivity contribution >= 4 is 23.2 Å². The van der Waals surface area contributed by atoms with Gasteiger partial charge in [0, 0.05) is 11.9 Å². The van der Waals surface area contributed by atoms with Gasteiger partial charge in [-0.1, -0.05) is 0 Å². The van der Waals surface area contributed by atoms with Gasteiger partial charge in [-0.05, 0) is 42.8 Å². The van der Waals surface area contributed by atoms with E-state index in [4.69, 9.17) is 0 Å². The molecule has 2 N–H and O–H groups in total. The van der Waals surface area contributed by atoms with E-state index in [9.17, 15) is 14.0 Å². The van der Waals surface area contributed by atoms with E-state index >= 15 is 0 Å². The second kappa shape index (κ2) is 5.92. The first-order chi connectivity index (χ1) is 9.54. The summed E-state index contributed by atoms with van der Waals surface area (Å²) in [7, 11) is 0. The van der Waals surface area contributed by atoms with Crippen LogP contribution in [0.1, 0.15) is 5.56 Å². The van der Waals surface area contributed by atoms with Crippen molar-refractivity contribution < 1.29 is 14.0 Å². The van der Waals surface area contributed by atoms with Gasteiger partial charge in [0.2, 0.25) is 0 Å². The molecule has 0 saturated carbocycles. The zero-order chi connectivity index (χ0) is 14.5. The summed E-state index contributed by atoms with van der Waals surface area (Å²) in [5.74, 6) is -2.20. The molecule has 2 amide bonds. The molecule has 102 valence electrons. The molecule has 1 heterocycles. The Kier molecular flexibility index (Phi) is 4.05. The lowest BCUT2D eigenvalue weighted by atomic mass is 10.2. The normalized spacial score (nSPS) is 9.90. The lowest BCUT2D eigenvalue weighted by Crippen LogP contribution is -2.29. The number of amides is 2. The van der Waals surface area contributed by atoms with E-state index in [-0.39, 0.29) is 5.69 Å². The number of hydrogen-bond donors (Lipinski definition) is 2. The summed E-state index contributed by atoms with van der Waals surface area (Å²) < 4.78 is 13.2. The molecule has 0 radical (unpaired) electrons. The van der Waals surface area contributed by atoms with Gasteiger partial charge in [0.25, 0.3) is 0 Å². The van der Waals surface area contributed by atoms with Gasteiger partial charge in [-0.2, -0.15) is 0 Å². The number of anilines is 2. The van der Waals surface area contributed by atoms with Crippen LogP contribution in [-0.2, 0) is 9.59 Å². The van der Waals surface area contributed by atoms with E-state index in [1.165, 1.54) is 12.3 Å². The van der Waals surface area contributed by atoms with Crippen molar-refractivity contribution in [3.05, 3.63) is 54.1 Å². The summed E-state index contributed by atoms with van der Waals surface area (Å²) in [5, 5.41) is 4.72. The van der Waals surface area contributed by atoms with Gasteiger partial charge in [0.05, 0.1) is 11.9 Å². The number of aromatic nitrogens is 1. The first kappa shape index (κ1) is 13.7. The molecule has 5 nitrogen and oxygen atoms in total. The molecule has 1 aromatic carbocycles. The molecular formula is C14H12FN3O2. The monoisotopic (exact) mass is 273 g/mol. The van der Waals surface area contributed by atoms with E-state index in [1.807, 2.05) is 0 Å². The summed E-state index contributed by atoms with van der Waals surface area (Å²) in [4.78, 5) is 27.1. The molecular weight excluding hydrogens is 261 g/mol. The van der Waals surface area contributed by atoms with E-state index < -0.39 is 17.6 Å². The minimum absolute atomic E-state index is 0.230. The average molecular weight is 273 g/mol. The second-order valence-corrected chi connectivity index (χ2v) is 4.17. The molecule has 1 aromatic heterocycles. The van der Waals surface area contributed by atoms with Crippen LogP contribution in [0.25, 0.3) is 0 Å². The molecule has 2 aromatic rings. The van der Waals surface area contributed by atoms with Crippen molar-refractivity contribution in [3.8, 4) is 0 Å². The summed E-state index contributed by atoms with van der Waals surface area (Å²) in [6.45, 7) is 1.69. The van der Waals surface area contributed by atoms with Gasteiger partial charge in [-0.3, -0.25) is 14.6 Å². The summed E-state index contributed by atoms with van der Waals surface area (Å²) in [6.07, 6.45) is 2.96. The fourth-order valence-electron chi connectivity index (χ4n) is 1.62. The predicted octanol–water partition coefficient (Wildman–Crippen LogP) is 2.11. The third-order valence-corrected chi connectivity index (χ3v) is 2.43. The largest absolute Gasteiger partial charge is 0.318 e. The summed E-state index contributed by atoms with van der Waals surface area (Å²) >= 11 is 0. The Balaban J connectivity index is 2.02. The number of carbonyl (C=O) groups is 2. The van der Waals surface area contributed by atoms with Gasteiger partial charge in [-0.15, -0.1) is 0 Å². The number of nitrogens with one attached hydrogen (secondary N) is 2. The molecule has 20 heavy (non-hydrogen) atoms. The molecule has 0 bridgehead atoms. The Labute approximate surface area is 114 Å². The highest BCUT2D eigenvalue weighted by atomic mass is 19.1. The van der Waals surface area contributed by atoms with Gasteiger partial charge >= 0.3 is 11.8 Å². The average Bonchev–Trinajstić information content (AvgIpc) is 2.38. The topological polar surface area (TPSA) is 71.1 Å². The fourth-order valence-corrected chi connectivity index (χ4v) is 1.62. The lowest BCUT2D eigenvalue weighted by molar-refractivity contribution is -0.133. The number of pyridine rings is 1. The zero-order valence-corrected chi connectivity index (χ0v) is 10.7. The third-order valence-electron chi connectivity index (χ3n) is 2.43. The fraction of sp³-hybridized carbons (Fsp3) is 0.0714. The molecule has 2 rings (SSSR count). The number of aryl methyl sites for hydroxylation is 1. The highest BCUT2D eigenvalue weighted by molar-refractivity contribution is 6.43. The van der Waals surface area contributed by atoms with Crippen LogP contribution in [0, 0.1) is 12.7 Å². The van der Waals surface area contributed by atoms with Crippen molar-refractivity contribution in [1.29, 1.82) is 0 Å². The van der Waals surface area contributed by atoms with Crippen molar-refractivity contribution in [1.82, 2.24) is 4.98 Å². The minimum Gasteiger partial charge on any atom is -0.318 e. The summed E-state index contributed by atoms with van der Waals surface area (Å²) in [5.41, 5.74) is 1.28. The van der Waals surface area contributed by atoms with Crippen molar-refractivity contribution in [3.63, 3.8) is 0 Å². The highest BCUT2D eigenvalue weighted by Gasteiger charge is 2.14. The van der Waals surface area contributed by atoms with Crippen LogP contribution in [0.5, 0.6) is 0 Å². The quantitative estimate of drug-likeness (QED) is 0.823. The van der Waals surface area contributed by atoms with Crippen molar-refractivity contribution in [2.75, 3.05) is 10.6 Å². The maximum Gasteiger partial charge on any atom is 0.314 e. The Morgan fingerprint density at radius 3 is 2.40 bits per heavy atom. The molecule has 0 fully saturated rings. The standard InChI is InChI=1S/C14H12FN3O2/c1-9-5-10(15)7-12(6-9)18-14(20)13(19)17-11-3-2-4-16-8-11/h2-8H,1H3,(H,17,19)(H,18,20). The SMILES string of the molecule is Cc1cc(F)cc(NC(=O)C(=O)Nc2cccnc2)c1. The number of nitrogens with zero attached hydrogens (tertiary/aromatic N) is 1. The maximum atomic E-state index is 13.2. The second-order valence-electron chi connectivity index (χ2n) is 4.17. The Morgan fingerprint density at radius 1 is 1.10 bits per heavy atom. The van der Waals surface area contributed by atoms with Crippen LogP contribution in [0.3, 0.4) is 0 Å². The maximum absolute atomic E-state index is 13.2. The molecule has 0 spiro atoms. The van der Waals surface area contributed by atoms with E-state index in [0.717, 1.165) is 6.07 Å². The molecule has 6 heteroatoms. The zero-order valence-electron chi connectivity index (χ0n) is 10.7. The Bertz CT molecular complexity index is 624. The Morgan fingerprint density at radius 2 is 1.80 bits per heavy atom. The Hall–Kier alpha value is -2.76. The van der Waals surface area contributed by atoms with Gasteiger partial charge in [0.15, 0.2) is 0 Å². The number of rotatable bonds is 2. The van der Waals surface area contributed by atoms with E-state index in [0.29, 0.717) is 11.3 Å². The van der Waals surface area contributed by atoms with Gasteiger partial charge in [0.1, 0.15) is 5.82 Å². The molecule has 0 aliphatic heterocycles.